The maximum Gasteiger partial charge on any atom is 0.331 e. The van der Waals surface area contributed by atoms with Crippen LogP contribution in [0.15, 0.2) is 39.4 Å². The van der Waals surface area contributed by atoms with Crippen LogP contribution in [0.4, 0.5) is 4.39 Å². The number of benzene rings is 1. The van der Waals surface area contributed by atoms with Gasteiger partial charge in [0, 0.05) is 18.2 Å². The van der Waals surface area contributed by atoms with Gasteiger partial charge in [0.2, 0.25) is 0 Å². The molecule has 0 saturated carbocycles. The van der Waals surface area contributed by atoms with E-state index in [4.69, 9.17) is 4.74 Å². The molecule has 1 fully saturated rings. The molecule has 138 valence electrons. The third-order valence-electron chi connectivity index (χ3n) is 3.16. The van der Waals surface area contributed by atoms with Crippen molar-refractivity contribution in [3.05, 3.63) is 46.1 Å². The Morgan fingerprint density at radius 2 is 2.23 bits per heavy atom. The van der Waals surface area contributed by atoms with Crippen LogP contribution in [0, 0.1) is 5.82 Å². The molecule has 0 aromatic heterocycles. The molecule has 1 N–H and O–H groups in total. The van der Waals surface area contributed by atoms with Gasteiger partial charge in [0.1, 0.15) is 5.82 Å². The van der Waals surface area contributed by atoms with E-state index in [1.165, 1.54) is 25.5 Å². The highest BCUT2D eigenvalue weighted by molar-refractivity contribution is 8.18. The zero-order valence-electron chi connectivity index (χ0n) is 14.3. The summed E-state index contributed by atoms with van der Waals surface area (Å²) in [6, 6.07) is 4.28. The highest BCUT2D eigenvalue weighted by atomic mass is 32.2. The number of carbonyl (C=O) groups excluding carboxylic acids is 2. The fraction of sp³-hybridized carbons (Fsp3) is 0.294. The predicted octanol–water partition coefficient (Wildman–Crippen LogP) is 2.36. The topological polar surface area (TPSA) is 89.4 Å². The molecule has 26 heavy (non-hydrogen) atoms. The molecule has 1 aromatic rings. The normalized spacial score (nSPS) is 17.3. The number of amides is 1. The summed E-state index contributed by atoms with van der Waals surface area (Å²) in [4.78, 5) is 23.1. The zero-order valence-corrected chi connectivity index (χ0v) is 15.1. The number of thioether (sulfide) groups is 1. The number of hydrogen-bond acceptors (Lipinski definition) is 7. The van der Waals surface area contributed by atoms with Gasteiger partial charge in [-0.1, -0.05) is 13.0 Å². The Morgan fingerprint density at radius 3 is 2.96 bits per heavy atom. The fourth-order valence-corrected chi connectivity index (χ4v) is 2.68. The highest BCUT2D eigenvalue weighted by Crippen LogP contribution is 2.23. The van der Waals surface area contributed by atoms with Gasteiger partial charge in [-0.25, -0.2) is 9.18 Å². The number of esters is 1. The number of methoxy groups -OCH3 is 1. The fourth-order valence-electron chi connectivity index (χ4n) is 1.94. The number of amidine groups is 1. The SMILES string of the molecule is CCCOCc1cc(F)ccc1C=N/N=C1/NC(=O)/C(=C\C(=O)OC)S1. The van der Waals surface area contributed by atoms with Gasteiger partial charge in [0.25, 0.3) is 5.91 Å². The molecule has 1 saturated heterocycles. The molecule has 9 heteroatoms. The number of rotatable bonds is 7. The first-order chi connectivity index (χ1) is 12.5. The van der Waals surface area contributed by atoms with E-state index in [9.17, 15) is 14.0 Å². The van der Waals surface area contributed by atoms with Gasteiger partial charge in [0.15, 0.2) is 5.17 Å². The molecule has 0 spiro atoms. The first kappa shape index (κ1) is 19.8. The van der Waals surface area contributed by atoms with Crippen molar-refractivity contribution in [3.8, 4) is 0 Å². The summed E-state index contributed by atoms with van der Waals surface area (Å²) in [5.74, 6) is -1.44. The number of halogens is 1. The van der Waals surface area contributed by atoms with Crippen molar-refractivity contribution in [2.45, 2.75) is 20.0 Å². The van der Waals surface area contributed by atoms with Crippen LogP contribution in [0.1, 0.15) is 24.5 Å². The number of ether oxygens (including phenoxy) is 2. The quantitative estimate of drug-likeness (QED) is 0.258. The highest BCUT2D eigenvalue weighted by Gasteiger charge is 2.24. The molecule has 2 rings (SSSR count). The van der Waals surface area contributed by atoms with Gasteiger partial charge in [-0.15, -0.1) is 5.10 Å². The van der Waals surface area contributed by atoms with Crippen molar-refractivity contribution in [1.82, 2.24) is 5.32 Å². The molecular weight excluding hydrogens is 361 g/mol. The molecule has 1 heterocycles. The van der Waals surface area contributed by atoms with Crippen LogP contribution < -0.4 is 5.32 Å². The van der Waals surface area contributed by atoms with Crippen LogP contribution >= 0.6 is 11.8 Å². The molecule has 7 nitrogen and oxygen atoms in total. The summed E-state index contributed by atoms with van der Waals surface area (Å²) in [7, 11) is 1.22. The second-order valence-corrected chi connectivity index (χ2v) is 6.16. The van der Waals surface area contributed by atoms with Crippen molar-refractivity contribution in [1.29, 1.82) is 0 Å². The van der Waals surface area contributed by atoms with Crippen molar-refractivity contribution >= 4 is 35.0 Å². The number of carbonyl (C=O) groups is 2. The van der Waals surface area contributed by atoms with E-state index in [1.807, 2.05) is 6.92 Å². The Balaban J connectivity index is 2.08. The molecular formula is C17H18FN3O4S. The molecule has 0 aliphatic carbocycles. The van der Waals surface area contributed by atoms with Gasteiger partial charge in [0.05, 0.1) is 24.8 Å². The lowest BCUT2D eigenvalue weighted by molar-refractivity contribution is -0.135. The predicted molar refractivity (Wildman–Crippen MR) is 97.2 cm³/mol. The smallest absolute Gasteiger partial charge is 0.331 e. The number of hydrogen-bond donors (Lipinski definition) is 1. The van der Waals surface area contributed by atoms with E-state index in [0.717, 1.165) is 24.3 Å². The van der Waals surface area contributed by atoms with E-state index in [2.05, 4.69) is 20.3 Å². The zero-order chi connectivity index (χ0) is 18.9. The Bertz CT molecular complexity index is 777. The lowest BCUT2D eigenvalue weighted by atomic mass is 10.1. The summed E-state index contributed by atoms with van der Waals surface area (Å²) >= 11 is 0.972. The second kappa shape index (κ2) is 9.83. The first-order valence-corrected chi connectivity index (χ1v) is 8.61. The Kier molecular flexibility index (Phi) is 7.49. The van der Waals surface area contributed by atoms with Gasteiger partial charge in [-0.3, -0.25) is 10.1 Å². The minimum Gasteiger partial charge on any atom is -0.466 e. The van der Waals surface area contributed by atoms with Gasteiger partial charge in [-0.05, 0) is 35.9 Å². The van der Waals surface area contributed by atoms with Gasteiger partial charge in [-0.2, -0.15) is 5.10 Å². The molecule has 1 aliphatic rings. The summed E-state index contributed by atoms with van der Waals surface area (Å²) in [5.41, 5.74) is 1.31. The Labute approximate surface area is 154 Å². The van der Waals surface area contributed by atoms with Crippen LogP contribution in [0.25, 0.3) is 0 Å². The second-order valence-electron chi connectivity index (χ2n) is 5.13. The summed E-state index contributed by atoms with van der Waals surface area (Å²) in [6.07, 6.45) is 3.39. The molecule has 0 atom stereocenters. The molecule has 1 aromatic carbocycles. The van der Waals surface area contributed by atoms with E-state index in [-0.39, 0.29) is 22.5 Å². The van der Waals surface area contributed by atoms with E-state index in [0.29, 0.717) is 17.7 Å². The third-order valence-corrected chi connectivity index (χ3v) is 4.06. The van der Waals surface area contributed by atoms with Crippen molar-refractivity contribution in [2.24, 2.45) is 10.2 Å². The van der Waals surface area contributed by atoms with Crippen LogP contribution in [-0.4, -0.2) is 37.0 Å². The lowest BCUT2D eigenvalue weighted by Gasteiger charge is -2.06. The van der Waals surface area contributed by atoms with Crippen molar-refractivity contribution < 1.29 is 23.5 Å². The summed E-state index contributed by atoms with van der Waals surface area (Å²) in [6.45, 7) is 2.83. The molecule has 0 bridgehead atoms. The monoisotopic (exact) mass is 379 g/mol. The maximum atomic E-state index is 13.4. The van der Waals surface area contributed by atoms with E-state index < -0.39 is 11.9 Å². The van der Waals surface area contributed by atoms with Crippen molar-refractivity contribution in [3.63, 3.8) is 0 Å². The maximum absolute atomic E-state index is 13.4. The van der Waals surface area contributed by atoms with Gasteiger partial charge < -0.3 is 9.47 Å². The molecule has 1 aliphatic heterocycles. The molecule has 0 unspecified atom stereocenters. The first-order valence-electron chi connectivity index (χ1n) is 7.79. The van der Waals surface area contributed by atoms with E-state index >= 15 is 0 Å². The average Bonchev–Trinajstić information content (AvgIpc) is 2.96. The van der Waals surface area contributed by atoms with Crippen LogP contribution in [-0.2, 0) is 25.7 Å². The molecule has 1 amide bonds. The Morgan fingerprint density at radius 1 is 1.42 bits per heavy atom. The standard InChI is InChI=1S/C17H18FN3O4S/c1-3-6-25-10-12-7-13(18)5-4-11(12)9-19-21-17-20-16(23)14(26-17)8-15(22)24-2/h4-5,7-9H,3,6,10H2,1-2H3,(H,20,21,23)/b14-8+,19-9?. The van der Waals surface area contributed by atoms with Crippen LogP contribution in [0.3, 0.4) is 0 Å². The minimum atomic E-state index is -0.629. The van der Waals surface area contributed by atoms with E-state index in [1.54, 1.807) is 6.07 Å². The summed E-state index contributed by atoms with van der Waals surface area (Å²) < 4.78 is 23.3. The lowest BCUT2D eigenvalue weighted by Crippen LogP contribution is -2.19. The van der Waals surface area contributed by atoms with Crippen LogP contribution in [0.5, 0.6) is 0 Å². The van der Waals surface area contributed by atoms with Crippen LogP contribution in [0.2, 0.25) is 0 Å². The minimum absolute atomic E-state index is 0.168. The number of nitrogens with one attached hydrogen (secondary N) is 1. The average molecular weight is 379 g/mol. The van der Waals surface area contributed by atoms with Crippen molar-refractivity contribution in [2.75, 3.05) is 13.7 Å². The third kappa shape index (κ3) is 5.78. The number of nitrogens with zero attached hydrogens (tertiary/aromatic N) is 2. The largest absolute Gasteiger partial charge is 0.466 e. The van der Waals surface area contributed by atoms with Gasteiger partial charge >= 0.3 is 5.97 Å². The molecule has 0 radical (unpaired) electrons. The Hall–Kier alpha value is -2.52. The summed E-state index contributed by atoms with van der Waals surface area (Å²) in [5, 5.41) is 10.5.